The van der Waals surface area contributed by atoms with Crippen LogP contribution in [0.25, 0.3) is 0 Å². The largest absolute Gasteiger partial charge is 0.497 e. The van der Waals surface area contributed by atoms with Crippen molar-refractivity contribution in [2.45, 2.75) is 6.54 Å². The van der Waals surface area contributed by atoms with Gasteiger partial charge in [0.15, 0.2) is 5.17 Å². The molecule has 0 unspecified atom stereocenters. The fraction of sp³-hybridized carbons (Fsp3) is 0.188. The lowest BCUT2D eigenvalue weighted by Gasteiger charge is -2.15. The number of methoxy groups -OCH3 is 1. The number of carbonyl (C=O) groups is 1. The van der Waals surface area contributed by atoms with Crippen LogP contribution in [0.3, 0.4) is 0 Å². The average molecular weight is 329 g/mol. The van der Waals surface area contributed by atoms with Gasteiger partial charge in [0.05, 0.1) is 31.9 Å². The molecule has 0 saturated carbocycles. The highest BCUT2D eigenvalue weighted by Crippen LogP contribution is 2.23. The van der Waals surface area contributed by atoms with Crippen LogP contribution in [0.5, 0.6) is 5.75 Å². The molecule has 1 aromatic heterocycles. The Kier molecular flexibility index (Phi) is 4.77. The lowest BCUT2D eigenvalue weighted by Crippen LogP contribution is -2.28. The Bertz CT molecular complexity index is 724. The number of amidine groups is 1. The Hall–Kier alpha value is -2.54. The summed E-state index contributed by atoms with van der Waals surface area (Å²) in [6.07, 6.45) is 3.08. The molecule has 2 heterocycles. The summed E-state index contributed by atoms with van der Waals surface area (Å²) in [5.41, 5.74) is 1.00. The van der Waals surface area contributed by atoms with Crippen molar-refractivity contribution in [3.63, 3.8) is 0 Å². The number of furan rings is 1. The topological polar surface area (TPSA) is 67.4 Å². The Morgan fingerprint density at radius 1 is 1.35 bits per heavy atom. The maximum atomic E-state index is 12.0. The molecule has 1 aliphatic rings. The second-order valence-electron chi connectivity index (χ2n) is 4.76. The van der Waals surface area contributed by atoms with E-state index in [2.05, 4.69) is 10.2 Å². The molecule has 1 fully saturated rings. The minimum absolute atomic E-state index is 0.0257. The van der Waals surface area contributed by atoms with E-state index in [-0.39, 0.29) is 5.91 Å². The van der Waals surface area contributed by atoms with Crippen LogP contribution in [0.15, 0.2) is 57.3 Å². The van der Waals surface area contributed by atoms with Crippen LogP contribution in [0.4, 0.5) is 0 Å². The number of hydrogen-bond donors (Lipinski definition) is 0. The molecule has 1 amide bonds. The predicted octanol–water partition coefficient (Wildman–Crippen LogP) is 2.75. The van der Waals surface area contributed by atoms with E-state index in [1.807, 2.05) is 24.3 Å². The maximum absolute atomic E-state index is 12.0. The first-order valence-electron chi connectivity index (χ1n) is 6.97. The smallest absolute Gasteiger partial charge is 0.239 e. The standard InChI is InChI=1S/C16H15N3O3S/c1-21-13-6-4-12(5-7-13)10-19-15(20)11-23-16(19)18-17-9-14-3-2-8-22-14/h2-9H,10-11H2,1H3. The summed E-state index contributed by atoms with van der Waals surface area (Å²) in [5, 5.41) is 8.70. The summed E-state index contributed by atoms with van der Waals surface area (Å²) >= 11 is 1.38. The Balaban J connectivity index is 1.71. The first-order valence-corrected chi connectivity index (χ1v) is 7.95. The number of benzene rings is 1. The van der Waals surface area contributed by atoms with Gasteiger partial charge in [-0.15, -0.1) is 5.10 Å². The monoisotopic (exact) mass is 329 g/mol. The zero-order valence-corrected chi connectivity index (χ0v) is 13.3. The summed E-state index contributed by atoms with van der Waals surface area (Å²) in [4.78, 5) is 13.7. The van der Waals surface area contributed by atoms with Gasteiger partial charge in [-0.25, -0.2) is 0 Å². The highest BCUT2D eigenvalue weighted by Gasteiger charge is 2.28. The number of amides is 1. The highest BCUT2D eigenvalue weighted by atomic mass is 32.2. The van der Waals surface area contributed by atoms with Crippen molar-refractivity contribution in [1.82, 2.24) is 4.90 Å². The van der Waals surface area contributed by atoms with Gasteiger partial charge in [-0.1, -0.05) is 23.9 Å². The van der Waals surface area contributed by atoms with Gasteiger partial charge in [-0.05, 0) is 29.8 Å². The normalized spacial score (nSPS) is 16.7. The molecule has 1 saturated heterocycles. The van der Waals surface area contributed by atoms with Crippen molar-refractivity contribution in [3.05, 3.63) is 54.0 Å². The van der Waals surface area contributed by atoms with Crippen LogP contribution >= 0.6 is 11.8 Å². The molecule has 0 N–H and O–H groups in total. The van der Waals surface area contributed by atoms with Crippen molar-refractivity contribution in [2.24, 2.45) is 10.2 Å². The zero-order valence-electron chi connectivity index (χ0n) is 12.5. The van der Waals surface area contributed by atoms with Gasteiger partial charge in [0.1, 0.15) is 11.5 Å². The van der Waals surface area contributed by atoms with Crippen LogP contribution in [0.1, 0.15) is 11.3 Å². The lowest BCUT2D eigenvalue weighted by atomic mass is 10.2. The fourth-order valence-electron chi connectivity index (χ4n) is 2.04. The SMILES string of the molecule is COc1ccc(CN2C(=O)CSC2=NN=Cc2ccco2)cc1. The van der Waals surface area contributed by atoms with E-state index in [0.717, 1.165) is 11.3 Å². The minimum atomic E-state index is 0.0257. The van der Waals surface area contributed by atoms with E-state index in [4.69, 9.17) is 9.15 Å². The summed E-state index contributed by atoms with van der Waals surface area (Å²) in [5.74, 6) is 1.81. The third-order valence-corrected chi connectivity index (χ3v) is 4.18. The van der Waals surface area contributed by atoms with Crippen molar-refractivity contribution in [3.8, 4) is 5.75 Å². The Morgan fingerprint density at radius 2 is 2.17 bits per heavy atom. The summed E-state index contributed by atoms with van der Waals surface area (Å²) in [6, 6.07) is 11.2. The molecule has 0 spiro atoms. The number of thioether (sulfide) groups is 1. The molecule has 0 aliphatic carbocycles. The lowest BCUT2D eigenvalue weighted by molar-refractivity contribution is -0.124. The van der Waals surface area contributed by atoms with Crippen molar-refractivity contribution >= 4 is 29.1 Å². The third-order valence-electron chi connectivity index (χ3n) is 3.23. The van der Waals surface area contributed by atoms with Gasteiger partial charge >= 0.3 is 0 Å². The quantitative estimate of drug-likeness (QED) is 0.625. The number of hydrogen-bond acceptors (Lipinski definition) is 6. The third kappa shape index (κ3) is 3.81. The first-order chi connectivity index (χ1) is 11.3. The van der Waals surface area contributed by atoms with E-state index >= 15 is 0 Å². The molecule has 0 atom stereocenters. The molecule has 23 heavy (non-hydrogen) atoms. The maximum Gasteiger partial charge on any atom is 0.239 e. The van der Waals surface area contributed by atoms with E-state index in [1.165, 1.54) is 18.0 Å². The summed E-state index contributed by atoms with van der Waals surface area (Å²) in [7, 11) is 1.62. The van der Waals surface area contributed by atoms with Crippen molar-refractivity contribution in [2.75, 3.05) is 12.9 Å². The molecule has 3 rings (SSSR count). The number of rotatable bonds is 5. The van der Waals surface area contributed by atoms with Gasteiger partial charge < -0.3 is 9.15 Å². The highest BCUT2D eigenvalue weighted by molar-refractivity contribution is 8.15. The molecule has 0 bridgehead atoms. The predicted molar refractivity (Wildman–Crippen MR) is 89.7 cm³/mol. The molecular formula is C16H15N3O3S. The first kappa shape index (κ1) is 15.4. The van der Waals surface area contributed by atoms with Gasteiger partial charge in [0, 0.05) is 0 Å². The van der Waals surface area contributed by atoms with Crippen molar-refractivity contribution < 1.29 is 13.9 Å². The average Bonchev–Trinajstić information content (AvgIpc) is 3.20. The zero-order chi connectivity index (χ0) is 16.1. The minimum Gasteiger partial charge on any atom is -0.497 e. The van der Waals surface area contributed by atoms with Gasteiger partial charge in [-0.2, -0.15) is 5.10 Å². The van der Waals surface area contributed by atoms with Crippen LogP contribution in [0, 0.1) is 0 Å². The number of carbonyl (C=O) groups excluding carboxylic acids is 1. The van der Waals surface area contributed by atoms with E-state index < -0.39 is 0 Å². The number of ether oxygens (including phenoxy) is 1. The molecule has 7 heteroatoms. The van der Waals surface area contributed by atoms with Crippen molar-refractivity contribution in [1.29, 1.82) is 0 Å². The Labute approximate surface area is 137 Å². The second-order valence-corrected chi connectivity index (χ2v) is 5.70. The van der Waals surface area contributed by atoms with E-state index in [1.54, 1.807) is 30.4 Å². The van der Waals surface area contributed by atoms with E-state index in [0.29, 0.717) is 23.2 Å². The summed E-state index contributed by atoms with van der Waals surface area (Å²) < 4.78 is 10.3. The molecule has 1 aliphatic heterocycles. The van der Waals surface area contributed by atoms with Gasteiger partial charge in [-0.3, -0.25) is 9.69 Å². The van der Waals surface area contributed by atoms with Crippen LogP contribution < -0.4 is 4.74 Å². The fourth-order valence-corrected chi connectivity index (χ4v) is 2.88. The molecule has 1 aromatic carbocycles. The van der Waals surface area contributed by atoms with E-state index in [9.17, 15) is 4.79 Å². The molecule has 6 nitrogen and oxygen atoms in total. The van der Waals surface area contributed by atoms with Crippen LogP contribution in [-0.2, 0) is 11.3 Å². The van der Waals surface area contributed by atoms with Gasteiger partial charge in [0.2, 0.25) is 5.91 Å². The second kappa shape index (κ2) is 7.15. The molecule has 0 radical (unpaired) electrons. The molecule has 118 valence electrons. The van der Waals surface area contributed by atoms with Gasteiger partial charge in [0.25, 0.3) is 0 Å². The molecular weight excluding hydrogens is 314 g/mol. The number of nitrogens with zero attached hydrogens (tertiary/aromatic N) is 3. The molecule has 2 aromatic rings. The van der Waals surface area contributed by atoms with Crippen LogP contribution in [0.2, 0.25) is 0 Å². The summed E-state index contributed by atoms with van der Waals surface area (Å²) in [6.45, 7) is 0.463. The Morgan fingerprint density at radius 3 is 2.87 bits per heavy atom. The van der Waals surface area contributed by atoms with Crippen LogP contribution in [-0.4, -0.2) is 35.1 Å².